The molecule has 0 amide bonds. The molecule has 22 heavy (non-hydrogen) atoms. The van der Waals surface area contributed by atoms with Crippen LogP contribution in [0.2, 0.25) is 0 Å². The number of nitrogens with two attached hydrogens (primary N) is 1. The molecule has 4 nitrogen and oxygen atoms in total. The summed E-state index contributed by atoms with van der Waals surface area (Å²) in [5.41, 5.74) is 7.89. The lowest BCUT2D eigenvalue weighted by atomic mass is 10.0. The van der Waals surface area contributed by atoms with Gasteiger partial charge in [0, 0.05) is 11.6 Å². The van der Waals surface area contributed by atoms with Gasteiger partial charge < -0.3 is 10.3 Å². The second-order valence-corrected chi connectivity index (χ2v) is 5.45. The van der Waals surface area contributed by atoms with E-state index in [1.807, 2.05) is 18.4 Å². The van der Waals surface area contributed by atoms with Crippen LogP contribution in [0.1, 0.15) is 35.8 Å². The van der Waals surface area contributed by atoms with Crippen molar-refractivity contribution in [3.63, 3.8) is 0 Å². The van der Waals surface area contributed by atoms with Gasteiger partial charge in [-0.25, -0.2) is 9.37 Å². The van der Waals surface area contributed by atoms with Crippen LogP contribution < -0.4 is 5.73 Å². The number of imidazole rings is 1. The Hall–Kier alpha value is -2.69. The SMILES string of the molecule is CC(C)n1c(N)nc2ccc(C(=O)c3ccccc3F)cc21. The summed E-state index contributed by atoms with van der Waals surface area (Å²) in [4.78, 5) is 16.8. The van der Waals surface area contributed by atoms with Crippen LogP contribution in [-0.2, 0) is 0 Å². The molecule has 1 aromatic heterocycles. The van der Waals surface area contributed by atoms with E-state index in [9.17, 15) is 9.18 Å². The summed E-state index contributed by atoms with van der Waals surface area (Å²) >= 11 is 0. The highest BCUT2D eigenvalue weighted by molar-refractivity contribution is 6.10. The zero-order valence-corrected chi connectivity index (χ0v) is 12.4. The first-order valence-corrected chi connectivity index (χ1v) is 7.05. The van der Waals surface area contributed by atoms with Gasteiger partial charge in [-0.1, -0.05) is 12.1 Å². The summed E-state index contributed by atoms with van der Waals surface area (Å²) in [5.74, 6) is -0.472. The fraction of sp³-hybridized carbons (Fsp3) is 0.176. The predicted molar refractivity (Wildman–Crippen MR) is 84.4 cm³/mol. The van der Waals surface area contributed by atoms with E-state index in [0.717, 1.165) is 11.0 Å². The Balaban J connectivity index is 2.14. The van der Waals surface area contributed by atoms with E-state index in [2.05, 4.69) is 4.98 Å². The van der Waals surface area contributed by atoms with Crippen LogP contribution in [0.3, 0.4) is 0 Å². The first-order valence-electron chi connectivity index (χ1n) is 7.05. The van der Waals surface area contributed by atoms with Crippen molar-refractivity contribution in [3.05, 3.63) is 59.4 Å². The Morgan fingerprint density at radius 3 is 2.64 bits per heavy atom. The van der Waals surface area contributed by atoms with Gasteiger partial charge >= 0.3 is 0 Å². The molecule has 0 aliphatic rings. The van der Waals surface area contributed by atoms with Crippen LogP contribution in [0.25, 0.3) is 11.0 Å². The Labute approximate surface area is 127 Å². The van der Waals surface area contributed by atoms with Crippen molar-refractivity contribution in [2.24, 2.45) is 0 Å². The van der Waals surface area contributed by atoms with Gasteiger partial charge in [-0.15, -0.1) is 0 Å². The first-order chi connectivity index (χ1) is 10.5. The molecule has 3 rings (SSSR count). The second kappa shape index (κ2) is 5.26. The van der Waals surface area contributed by atoms with Gasteiger partial charge in [0.1, 0.15) is 5.82 Å². The number of benzene rings is 2. The fourth-order valence-corrected chi connectivity index (χ4v) is 2.60. The highest BCUT2D eigenvalue weighted by Crippen LogP contribution is 2.25. The predicted octanol–water partition coefficient (Wildman–Crippen LogP) is 3.57. The van der Waals surface area contributed by atoms with Crippen molar-refractivity contribution in [2.45, 2.75) is 19.9 Å². The molecule has 0 aliphatic heterocycles. The number of hydrogen-bond donors (Lipinski definition) is 1. The van der Waals surface area contributed by atoms with Crippen LogP contribution in [0, 0.1) is 5.82 Å². The molecule has 0 atom stereocenters. The molecule has 2 N–H and O–H groups in total. The number of hydrogen-bond acceptors (Lipinski definition) is 3. The summed E-state index contributed by atoms with van der Waals surface area (Å²) < 4.78 is 15.6. The van der Waals surface area contributed by atoms with Gasteiger partial charge in [0.2, 0.25) is 5.95 Å². The van der Waals surface area contributed by atoms with Gasteiger partial charge in [0.15, 0.2) is 5.78 Å². The monoisotopic (exact) mass is 297 g/mol. The van der Waals surface area contributed by atoms with E-state index in [4.69, 9.17) is 5.73 Å². The van der Waals surface area contributed by atoms with E-state index in [1.165, 1.54) is 12.1 Å². The summed E-state index contributed by atoms with van der Waals surface area (Å²) in [6.45, 7) is 3.98. The van der Waals surface area contributed by atoms with E-state index < -0.39 is 5.82 Å². The maximum absolute atomic E-state index is 13.8. The van der Waals surface area contributed by atoms with Crippen LogP contribution in [0.15, 0.2) is 42.5 Å². The molecule has 0 aliphatic carbocycles. The first kappa shape index (κ1) is 14.3. The van der Waals surface area contributed by atoms with E-state index in [1.54, 1.807) is 30.3 Å². The highest BCUT2D eigenvalue weighted by Gasteiger charge is 2.17. The summed E-state index contributed by atoms with van der Waals surface area (Å²) in [6, 6.07) is 11.2. The van der Waals surface area contributed by atoms with Crippen LogP contribution in [0.5, 0.6) is 0 Å². The topological polar surface area (TPSA) is 60.9 Å². The second-order valence-electron chi connectivity index (χ2n) is 5.45. The lowest BCUT2D eigenvalue weighted by Crippen LogP contribution is -2.07. The summed E-state index contributed by atoms with van der Waals surface area (Å²) in [5, 5.41) is 0. The number of nitrogens with zero attached hydrogens (tertiary/aromatic N) is 2. The third-order valence-electron chi connectivity index (χ3n) is 3.61. The number of fused-ring (bicyclic) bond motifs is 1. The van der Waals surface area contributed by atoms with Crippen LogP contribution in [-0.4, -0.2) is 15.3 Å². The molecule has 0 spiro atoms. The Kier molecular flexibility index (Phi) is 3.41. The average molecular weight is 297 g/mol. The molecule has 0 saturated carbocycles. The minimum atomic E-state index is -0.524. The van der Waals surface area contributed by atoms with Crippen molar-refractivity contribution in [3.8, 4) is 0 Å². The number of carbonyl (C=O) groups excluding carboxylic acids is 1. The molecule has 112 valence electrons. The average Bonchev–Trinajstić information content (AvgIpc) is 2.82. The highest BCUT2D eigenvalue weighted by atomic mass is 19.1. The molecule has 1 heterocycles. The Morgan fingerprint density at radius 2 is 1.95 bits per heavy atom. The number of ketones is 1. The van der Waals surface area contributed by atoms with Crippen molar-refractivity contribution >= 4 is 22.8 Å². The number of rotatable bonds is 3. The Morgan fingerprint density at radius 1 is 1.23 bits per heavy atom. The largest absolute Gasteiger partial charge is 0.369 e. The standard InChI is InChI=1S/C17H16FN3O/c1-10(2)21-15-9-11(7-8-14(15)20-17(21)19)16(22)12-5-3-4-6-13(12)18/h3-10H,1-2H3,(H2,19,20). The third-order valence-corrected chi connectivity index (χ3v) is 3.61. The number of carbonyl (C=O) groups is 1. The fourth-order valence-electron chi connectivity index (χ4n) is 2.60. The molecular formula is C17H16FN3O. The van der Waals surface area contributed by atoms with E-state index in [0.29, 0.717) is 11.5 Å². The molecule has 0 fully saturated rings. The van der Waals surface area contributed by atoms with Gasteiger partial charge in [-0.05, 0) is 44.2 Å². The number of anilines is 1. The van der Waals surface area contributed by atoms with E-state index >= 15 is 0 Å². The van der Waals surface area contributed by atoms with Crippen LogP contribution >= 0.6 is 0 Å². The quantitative estimate of drug-likeness (QED) is 0.752. The number of aromatic nitrogens is 2. The van der Waals surface area contributed by atoms with Gasteiger partial charge in [0.05, 0.1) is 16.6 Å². The lowest BCUT2D eigenvalue weighted by molar-refractivity contribution is 0.103. The zero-order chi connectivity index (χ0) is 15.9. The van der Waals surface area contributed by atoms with Gasteiger partial charge in [0.25, 0.3) is 0 Å². The summed E-state index contributed by atoms with van der Waals surface area (Å²) in [7, 11) is 0. The van der Waals surface area contributed by atoms with Crippen molar-refractivity contribution in [1.82, 2.24) is 9.55 Å². The smallest absolute Gasteiger partial charge is 0.201 e. The zero-order valence-electron chi connectivity index (χ0n) is 12.4. The van der Waals surface area contributed by atoms with Gasteiger partial charge in [-0.3, -0.25) is 4.79 Å². The Bertz CT molecular complexity index is 867. The molecular weight excluding hydrogens is 281 g/mol. The molecule has 2 aromatic carbocycles. The van der Waals surface area contributed by atoms with Gasteiger partial charge in [-0.2, -0.15) is 0 Å². The minimum absolute atomic E-state index is 0.0606. The van der Waals surface area contributed by atoms with Crippen molar-refractivity contribution in [1.29, 1.82) is 0 Å². The maximum Gasteiger partial charge on any atom is 0.201 e. The maximum atomic E-state index is 13.8. The van der Waals surface area contributed by atoms with Crippen LogP contribution in [0.4, 0.5) is 10.3 Å². The minimum Gasteiger partial charge on any atom is -0.369 e. The number of nitrogen functional groups attached to an aromatic ring is 1. The van der Waals surface area contributed by atoms with Crippen molar-refractivity contribution in [2.75, 3.05) is 5.73 Å². The van der Waals surface area contributed by atoms with Crippen molar-refractivity contribution < 1.29 is 9.18 Å². The molecule has 3 aromatic rings. The molecule has 0 unspecified atom stereocenters. The molecule has 5 heteroatoms. The lowest BCUT2D eigenvalue weighted by Gasteiger charge is -2.10. The normalized spacial score (nSPS) is 11.3. The van der Waals surface area contributed by atoms with E-state index in [-0.39, 0.29) is 17.4 Å². The third kappa shape index (κ3) is 2.24. The molecule has 0 saturated heterocycles. The summed E-state index contributed by atoms with van der Waals surface area (Å²) in [6.07, 6.45) is 0. The molecule has 0 bridgehead atoms. The molecule has 0 radical (unpaired) electrons. The number of halogens is 1.